The first-order valence-electron chi connectivity index (χ1n) is 5.86. The summed E-state index contributed by atoms with van der Waals surface area (Å²) in [6, 6.07) is -0.558. The Kier molecular flexibility index (Phi) is 3.67. The maximum atomic E-state index is 12.4. The molecule has 20 heavy (non-hydrogen) atoms. The quantitative estimate of drug-likeness (QED) is 0.837. The minimum absolute atomic E-state index is 0.110. The molecular formula is C11H14F3N3O2S. The molecule has 1 saturated heterocycles. The maximum absolute atomic E-state index is 12.4. The van der Waals surface area contributed by atoms with E-state index in [9.17, 15) is 23.1 Å². The zero-order valence-corrected chi connectivity index (χ0v) is 11.7. The average Bonchev–Trinajstić information content (AvgIpc) is 2.84. The summed E-state index contributed by atoms with van der Waals surface area (Å²) in [5, 5.41) is 12.0. The number of aromatic nitrogens is 1. The Bertz CT molecular complexity index is 515. The van der Waals surface area contributed by atoms with Crippen molar-refractivity contribution in [2.24, 2.45) is 5.41 Å². The van der Waals surface area contributed by atoms with Gasteiger partial charge in [0.1, 0.15) is 4.88 Å². The van der Waals surface area contributed by atoms with Crippen LogP contribution >= 0.6 is 11.3 Å². The topological polar surface area (TPSA) is 65.5 Å². The molecule has 0 aromatic carbocycles. The summed E-state index contributed by atoms with van der Waals surface area (Å²) in [5.74, 6) is 0. The van der Waals surface area contributed by atoms with Gasteiger partial charge in [-0.2, -0.15) is 13.2 Å². The van der Waals surface area contributed by atoms with Crippen molar-refractivity contribution < 1.29 is 23.1 Å². The van der Waals surface area contributed by atoms with Crippen LogP contribution in [-0.2, 0) is 6.18 Å². The molecule has 2 heterocycles. The Morgan fingerprint density at radius 1 is 1.60 bits per heavy atom. The number of aliphatic hydroxyl groups is 1. The van der Waals surface area contributed by atoms with Gasteiger partial charge in [-0.25, -0.2) is 9.78 Å². The van der Waals surface area contributed by atoms with Crippen molar-refractivity contribution >= 4 is 22.5 Å². The number of aliphatic hydroxyl groups excluding tert-OH is 1. The number of likely N-dealkylation sites (tertiary alicyclic amines) is 1. The lowest BCUT2D eigenvalue weighted by Gasteiger charge is -2.20. The second-order valence-electron chi connectivity index (χ2n) is 5.34. The van der Waals surface area contributed by atoms with Crippen molar-refractivity contribution in [1.29, 1.82) is 0 Å². The van der Waals surface area contributed by atoms with Gasteiger partial charge in [0.2, 0.25) is 0 Å². The highest BCUT2D eigenvalue weighted by Crippen LogP contribution is 2.35. The molecule has 2 N–H and O–H groups in total. The first-order chi connectivity index (χ1) is 9.09. The fourth-order valence-electron chi connectivity index (χ4n) is 1.91. The van der Waals surface area contributed by atoms with E-state index in [1.165, 1.54) is 4.90 Å². The van der Waals surface area contributed by atoms with Crippen LogP contribution in [0.15, 0.2) is 6.20 Å². The molecule has 5 nitrogen and oxygen atoms in total. The van der Waals surface area contributed by atoms with E-state index in [0.717, 1.165) is 0 Å². The highest BCUT2D eigenvalue weighted by atomic mass is 32.1. The summed E-state index contributed by atoms with van der Waals surface area (Å²) in [6.45, 7) is 4.11. The minimum Gasteiger partial charge on any atom is -0.391 e. The van der Waals surface area contributed by atoms with Gasteiger partial charge in [-0.1, -0.05) is 25.2 Å². The van der Waals surface area contributed by atoms with E-state index in [0.29, 0.717) is 24.1 Å². The third kappa shape index (κ3) is 3.04. The largest absolute Gasteiger partial charge is 0.427 e. The molecule has 1 aromatic heterocycles. The van der Waals surface area contributed by atoms with Gasteiger partial charge in [0, 0.05) is 18.5 Å². The fraction of sp³-hybridized carbons (Fsp3) is 0.636. The number of carbonyl (C=O) groups excluding carboxylic acids is 1. The number of hydrogen-bond acceptors (Lipinski definition) is 4. The lowest BCUT2D eigenvalue weighted by atomic mass is 9.90. The van der Waals surface area contributed by atoms with Gasteiger partial charge in [-0.05, 0) is 0 Å². The molecule has 2 rings (SSSR count). The molecule has 9 heteroatoms. The lowest BCUT2D eigenvalue weighted by Crippen LogP contribution is -2.34. The second-order valence-corrected chi connectivity index (χ2v) is 6.37. The van der Waals surface area contributed by atoms with Crippen molar-refractivity contribution in [2.45, 2.75) is 26.1 Å². The monoisotopic (exact) mass is 309 g/mol. The average molecular weight is 309 g/mol. The van der Waals surface area contributed by atoms with E-state index in [2.05, 4.69) is 10.3 Å². The van der Waals surface area contributed by atoms with E-state index in [1.807, 2.05) is 13.8 Å². The Morgan fingerprint density at radius 3 is 2.70 bits per heavy atom. The van der Waals surface area contributed by atoms with Crippen molar-refractivity contribution in [1.82, 2.24) is 9.88 Å². The number of halogens is 3. The molecule has 1 aliphatic heterocycles. The van der Waals surface area contributed by atoms with Crippen LogP contribution in [0.25, 0.3) is 0 Å². The first-order valence-corrected chi connectivity index (χ1v) is 6.68. The van der Waals surface area contributed by atoms with Crippen LogP contribution in [0.3, 0.4) is 0 Å². The summed E-state index contributed by atoms with van der Waals surface area (Å²) in [6.07, 6.45) is -4.44. The second kappa shape index (κ2) is 4.88. The molecule has 1 unspecified atom stereocenters. The molecule has 0 aliphatic carbocycles. The SMILES string of the molecule is CC1(C)CN(C(=O)Nc2ncc(C(F)(F)F)s2)CC1O. The molecule has 0 spiro atoms. The van der Waals surface area contributed by atoms with Crippen LogP contribution in [0.2, 0.25) is 0 Å². The van der Waals surface area contributed by atoms with Gasteiger partial charge in [0.25, 0.3) is 0 Å². The van der Waals surface area contributed by atoms with Gasteiger partial charge < -0.3 is 10.0 Å². The zero-order valence-electron chi connectivity index (χ0n) is 10.9. The molecule has 0 radical (unpaired) electrons. The van der Waals surface area contributed by atoms with Gasteiger partial charge in [-0.15, -0.1) is 0 Å². The summed E-state index contributed by atoms with van der Waals surface area (Å²) in [5.41, 5.74) is -0.433. The number of amides is 2. The van der Waals surface area contributed by atoms with E-state index in [1.54, 1.807) is 0 Å². The van der Waals surface area contributed by atoms with E-state index >= 15 is 0 Å². The van der Waals surface area contributed by atoms with Gasteiger partial charge in [-0.3, -0.25) is 5.32 Å². The molecule has 2 amide bonds. The third-order valence-electron chi connectivity index (χ3n) is 3.18. The van der Waals surface area contributed by atoms with Crippen LogP contribution in [0, 0.1) is 5.41 Å². The number of rotatable bonds is 1. The predicted molar refractivity (Wildman–Crippen MR) is 67.5 cm³/mol. The first kappa shape index (κ1) is 15.0. The summed E-state index contributed by atoms with van der Waals surface area (Å²) >= 11 is 0.370. The molecule has 1 fully saturated rings. The number of anilines is 1. The molecule has 112 valence electrons. The molecular weight excluding hydrogens is 295 g/mol. The minimum atomic E-state index is -4.47. The number of urea groups is 1. The number of carbonyl (C=O) groups is 1. The van der Waals surface area contributed by atoms with Crippen molar-refractivity contribution in [3.8, 4) is 0 Å². The van der Waals surface area contributed by atoms with Gasteiger partial charge >= 0.3 is 12.2 Å². The number of thiazole rings is 1. The molecule has 0 saturated carbocycles. The van der Waals surface area contributed by atoms with Crippen LogP contribution < -0.4 is 5.32 Å². The van der Waals surface area contributed by atoms with E-state index in [4.69, 9.17) is 0 Å². The van der Waals surface area contributed by atoms with E-state index in [-0.39, 0.29) is 11.7 Å². The Morgan fingerprint density at radius 2 is 2.25 bits per heavy atom. The normalized spacial score (nSPS) is 22.1. The van der Waals surface area contributed by atoms with Crippen LogP contribution in [0.5, 0.6) is 0 Å². The Hall–Kier alpha value is -1.35. The predicted octanol–water partition coefficient (Wildman–Crippen LogP) is 2.40. The number of hydrogen-bond donors (Lipinski definition) is 2. The van der Waals surface area contributed by atoms with Crippen molar-refractivity contribution in [3.05, 3.63) is 11.1 Å². The Labute approximate surface area is 117 Å². The van der Waals surface area contributed by atoms with Crippen LogP contribution in [-0.4, -0.2) is 40.2 Å². The van der Waals surface area contributed by atoms with Gasteiger partial charge in [0.05, 0.1) is 12.3 Å². The summed E-state index contributed by atoms with van der Waals surface area (Å²) < 4.78 is 37.2. The fourth-order valence-corrected chi connectivity index (χ4v) is 2.58. The van der Waals surface area contributed by atoms with Crippen molar-refractivity contribution in [2.75, 3.05) is 18.4 Å². The van der Waals surface area contributed by atoms with Gasteiger partial charge in [0.15, 0.2) is 5.13 Å². The summed E-state index contributed by atoms with van der Waals surface area (Å²) in [7, 11) is 0. The third-order valence-corrected chi connectivity index (χ3v) is 4.14. The molecule has 1 aliphatic rings. The number of nitrogens with one attached hydrogen (secondary N) is 1. The zero-order chi connectivity index (χ0) is 15.1. The Balaban J connectivity index is 2.01. The number of alkyl halides is 3. The number of nitrogens with zero attached hydrogens (tertiary/aromatic N) is 2. The standard InChI is InChI=1S/C11H14F3N3O2S/c1-10(2)5-17(4-6(10)18)9(19)16-8-15-3-7(20-8)11(12,13)14/h3,6,18H,4-5H2,1-2H3,(H,15,16,19). The highest BCUT2D eigenvalue weighted by molar-refractivity contribution is 7.15. The molecule has 1 atom stereocenters. The summed E-state index contributed by atoms with van der Waals surface area (Å²) in [4.78, 5) is 15.9. The van der Waals surface area contributed by atoms with Crippen molar-refractivity contribution in [3.63, 3.8) is 0 Å². The smallest absolute Gasteiger partial charge is 0.391 e. The lowest BCUT2D eigenvalue weighted by molar-refractivity contribution is -0.134. The number of β-amino-alcohol motifs (C(OH)–C–C–N with tert-alkyl or cyclic N) is 1. The van der Waals surface area contributed by atoms with E-state index < -0.39 is 28.6 Å². The maximum Gasteiger partial charge on any atom is 0.427 e. The molecule has 0 bridgehead atoms. The molecule has 1 aromatic rings. The van der Waals surface area contributed by atoms with Crippen LogP contribution in [0.4, 0.5) is 23.1 Å². The highest BCUT2D eigenvalue weighted by Gasteiger charge is 2.40. The van der Waals surface area contributed by atoms with Crippen LogP contribution in [0.1, 0.15) is 18.7 Å².